The first-order valence-electron chi connectivity index (χ1n) is 9.57. The minimum atomic E-state index is -3.10. The first-order valence-corrected chi connectivity index (χ1v) is 11.3. The summed E-state index contributed by atoms with van der Waals surface area (Å²) in [7, 11) is 0.745. The Morgan fingerprint density at radius 1 is 1.26 bits per heavy atom. The van der Waals surface area contributed by atoms with E-state index in [9.17, 15) is 13.2 Å². The quantitative estimate of drug-likeness (QED) is 0.844. The SMILES string of the molecule is CN(C)[C@@H]1CS(=O)(=O)[C@H]2CN(C(=O)CCCc3c[nH]c4ccccc34)C[C@@H]12. The molecule has 1 amide bonds. The molecule has 1 aromatic heterocycles. The number of aromatic nitrogens is 1. The van der Waals surface area contributed by atoms with E-state index in [4.69, 9.17) is 0 Å². The maximum atomic E-state index is 12.7. The van der Waals surface area contributed by atoms with E-state index >= 15 is 0 Å². The van der Waals surface area contributed by atoms with Gasteiger partial charge in [-0.05, 0) is 38.6 Å². The summed E-state index contributed by atoms with van der Waals surface area (Å²) in [4.78, 5) is 19.7. The number of nitrogens with zero attached hydrogens (tertiary/aromatic N) is 2. The molecule has 0 bridgehead atoms. The van der Waals surface area contributed by atoms with Crippen molar-refractivity contribution < 1.29 is 13.2 Å². The van der Waals surface area contributed by atoms with Gasteiger partial charge in [0.15, 0.2) is 9.84 Å². The number of amides is 1. The molecule has 3 heterocycles. The summed E-state index contributed by atoms with van der Waals surface area (Å²) in [6.45, 7) is 0.932. The Morgan fingerprint density at radius 2 is 2.04 bits per heavy atom. The molecule has 0 spiro atoms. The number of para-hydroxylation sites is 1. The Kier molecular flexibility index (Phi) is 4.76. The molecule has 7 heteroatoms. The predicted molar refractivity (Wildman–Crippen MR) is 106 cm³/mol. The van der Waals surface area contributed by atoms with Crippen LogP contribution in [0.15, 0.2) is 30.5 Å². The van der Waals surface area contributed by atoms with Gasteiger partial charge < -0.3 is 14.8 Å². The zero-order valence-electron chi connectivity index (χ0n) is 15.9. The summed E-state index contributed by atoms with van der Waals surface area (Å²) < 4.78 is 24.9. The van der Waals surface area contributed by atoms with Gasteiger partial charge in [-0.2, -0.15) is 0 Å². The standard InChI is InChI=1S/C20H27N3O3S/c1-22(2)18-13-27(25,26)19-12-23(11-16(18)19)20(24)9-5-6-14-10-21-17-8-4-3-7-15(14)17/h3-4,7-8,10,16,18-19,21H,5-6,9,11-13H2,1-2H3/t16-,18+,19-/m0/s1. The second-order valence-electron chi connectivity index (χ2n) is 8.07. The fraction of sp³-hybridized carbons (Fsp3) is 0.550. The summed E-state index contributed by atoms with van der Waals surface area (Å²) in [6, 6.07) is 8.19. The lowest BCUT2D eigenvalue weighted by Gasteiger charge is -2.25. The van der Waals surface area contributed by atoms with Crippen LogP contribution in [0.1, 0.15) is 18.4 Å². The number of carbonyl (C=O) groups excluding carboxylic acids is 1. The van der Waals surface area contributed by atoms with Crippen LogP contribution < -0.4 is 0 Å². The van der Waals surface area contributed by atoms with Crippen molar-refractivity contribution in [3.05, 3.63) is 36.0 Å². The topological polar surface area (TPSA) is 73.5 Å². The van der Waals surface area contributed by atoms with Crippen molar-refractivity contribution >= 4 is 26.6 Å². The third kappa shape index (κ3) is 3.38. The Morgan fingerprint density at radius 3 is 2.81 bits per heavy atom. The molecule has 2 saturated heterocycles. The van der Waals surface area contributed by atoms with Crippen LogP contribution in [-0.4, -0.2) is 73.3 Å². The zero-order chi connectivity index (χ0) is 19.2. The Hall–Kier alpha value is -1.86. The third-order valence-electron chi connectivity index (χ3n) is 6.20. The summed E-state index contributed by atoms with van der Waals surface area (Å²) >= 11 is 0. The van der Waals surface area contributed by atoms with E-state index in [0.717, 1.165) is 18.4 Å². The van der Waals surface area contributed by atoms with E-state index in [1.54, 1.807) is 4.90 Å². The normalized spacial score (nSPS) is 26.8. The Labute approximate surface area is 160 Å². The molecule has 146 valence electrons. The average Bonchev–Trinajstić information content (AvgIpc) is 3.30. The molecule has 6 nitrogen and oxygen atoms in total. The lowest BCUT2D eigenvalue weighted by atomic mass is 10.00. The van der Waals surface area contributed by atoms with Crippen molar-refractivity contribution in [3.8, 4) is 0 Å². The number of carbonyl (C=O) groups is 1. The molecule has 2 aliphatic rings. The lowest BCUT2D eigenvalue weighted by molar-refractivity contribution is -0.130. The highest BCUT2D eigenvalue weighted by Crippen LogP contribution is 2.36. The van der Waals surface area contributed by atoms with Crippen molar-refractivity contribution in [3.63, 3.8) is 0 Å². The minimum absolute atomic E-state index is 0.0176. The maximum Gasteiger partial charge on any atom is 0.222 e. The number of likely N-dealkylation sites (tertiary alicyclic amines) is 1. The van der Waals surface area contributed by atoms with Crippen molar-refractivity contribution in [2.24, 2.45) is 5.92 Å². The predicted octanol–water partition coefficient (Wildman–Crippen LogP) is 1.68. The molecule has 1 N–H and O–H groups in total. The number of benzene rings is 1. The molecular weight excluding hydrogens is 362 g/mol. The molecule has 0 radical (unpaired) electrons. The van der Waals surface area contributed by atoms with Gasteiger partial charge in [0, 0.05) is 48.6 Å². The first-order chi connectivity index (χ1) is 12.9. The number of hydrogen-bond acceptors (Lipinski definition) is 4. The molecule has 2 aromatic rings. The fourth-order valence-corrected chi connectivity index (χ4v) is 7.17. The lowest BCUT2D eigenvalue weighted by Crippen LogP contribution is -2.38. The van der Waals surface area contributed by atoms with Crippen molar-refractivity contribution in [2.45, 2.75) is 30.6 Å². The van der Waals surface area contributed by atoms with Gasteiger partial charge in [-0.15, -0.1) is 0 Å². The second kappa shape index (κ2) is 6.95. The average molecular weight is 390 g/mol. The van der Waals surface area contributed by atoms with Crippen LogP contribution in [-0.2, 0) is 21.1 Å². The molecule has 2 fully saturated rings. The number of hydrogen-bond donors (Lipinski definition) is 1. The number of rotatable bonds is 5. The van der Waals surface area contributed by atoms with Crippen LogP contribution in [0.2, 0.25) is 0 Å². The van der Waals surface area contributed by atoms with Crippen molar-refractivity contribution in [1.29, 1.82) is 0 Å². The number of sulfone groups is 1. The molecule has 4 rings (SSSR count). The van der Waals surface area contributed by atoms with Crippen LogP contribution in [0.5, 0.6) is 0 Å². The molecule has 27 heavy (non-hydrogen) atoms. The van der Waals surface area contributed by atoms with Gasteiger partial charge in [-0.3, -0.25) is 4.79 Å². The van der Waals surface area contributed by atoms with Crippen LogP contribution in [0, 0.1) is 5.92 Å². The van der Waals surface area contributed by atoms with Crippen LogP contribution in [0.25, 0.3) is 10.9 Å². The molecule has 0 aliphatic carbocycles. The van der Waals surface area contributed by atoms with Crippen molar-refractivity contribution in [1.82, 2.24) is 14.8 Å². The molecule has 0 saturated carbocycles. The van der Waals surface area contributed by atoms with Gasteiger partial charge in [0.25, 0.3) is 0 Å². The Bertz CT molecular complexity index is 950. The van der Waals surface area contributed by atoms with E-state index in [1.807, 2.05) is 37.3 Å². The largest absolute Gasteiger partial charge is 0.361 e. The van der Waals surface area contributed by atoms with Crippen LogP contribution in [0.3, 0.4) is 0 Å². The van der Waals surface area contributed by atoms with Crippen LogP contribution >= 0.6 is 0 Å². The maximum absolute atomic E-state index is 12.7. The van der Waals surface area contributed by atoms with E-state index in [2.05, 4.69) is 17.1 Å². The highest BCUT2D eigenvalue weighted by atomic mass is 32.2. The first kappa shape index (κ1) is 18.5. The van der Waals surface area contributed by atoms with Gasteiger partial charge in [0.1, 0.15) is 0 Å². The van der Waals surface area contributed by atoms with Gasteiger partial charge in [-0.25, -0.2) is 8.42 Å². The summed E-state index contributed by atoms with van der Waals surface area (Å²) in [6.07, 6.45) is 4.10. The van der Waals surface area contributed by atoms with E-state index in [1.165, 1.54) is 10.9 Å². The summed E-state index contributed by atoms with van der Waals surface area (Å²) in [5, 5.41) is 0.822. The van der Waals surface area contributed by atoms with Crippen LogP contribution in [0.4, 0.5) is 0 Å². The van der Waals surface area contributed by atoms with E-state index < -0.39 is 9.84 Å². The smallest absolute Gasteiger partial charge is 0.222 e. The highest BCUT2D eigenvalue weighted by Gasteiger charge is 2.53. The summed E-state index contributed by atoms with van der Waals surface area (Å²) in [5.41, 5.74) is 2.35. The van der Waals surface area contributed by atoms with Gasteiger partial charge >= 0.3 is 0 Å². The van der Waals surface area contributed by atoms with E-state index in [0.29, 0.717) is 19.5 Å². The number of H-pyrrole nitrogens is 1. The second-order valence-corrected chi connectivity index (χ2v) is 10.3. The van der Waals surface area contributed by atoms with Gasteiger partial charge in [-0.1, -0.05) is 18.2 Å². The number of aromatic amines is 1. The zero-order valence-corrected chi connectivity index (χ0v) is 16.7. The minimum Gasteiger partial charge on any atom is -0.361 e. The Balaban J connectivity index is 1.36. The molecule has 0 unspecified atom stereocenters. The third-order valence-corrected chi connectivity index (χ3v) is 8.42. The fourth-order valence-electron chi connectivity index (χ4n) is 4.70. The molecule has 2 aliphatic heterocycles. The van der Waals surface area contributed by atoms with Gasteiger partial charge in [0.2, 0.25) is 5.91 Å². The van der Waals surface area contributed by atoms with Gasteiger partial charge in [0.05, 0.1) is 11.0 Å². The number of nitrogens with one attached hydrogen (secondary N) is 1. The van der Waals surface area contributed by atoms with E-state index in [-0.39, 0.29) is 28.9 Å². The number of fused-ring (bicyclic) bond motifs is 2. The number of aryl methyl sites for hydroxylation is 1. The molecular formula is C20H27N3O3S. The summed E-state index contributed by atoms with van der Waals surface area (Å²) in [5.74, 6) is 0.345. The molecule has 3 atom stereocenters. The van der Waals surface area contributed by atoms with Crippen molar-refractivity contribution in [2.75, 3.05) is 32.9 Å². The monoisotopic (exact) mass is 389 g/mol. The highest BCUT2D eigenvalue weighted by molar-refractivity contribution is 7.92. The molecule has 1 aromatic carbocycles.